The van der Waals surface area contributed by atoms with E-state index in [1.165, 1.54) is 30.9 Å². The van der Waals surface area contributed by atoms with E-state index in [0.717, 1.165) is 53.1 Å². The molecule has 3 aliphatic rings. The average Bonchev–Trinajstić information content (AvgIpc) is 3.43. The molecule has 1 aliphatic heterocycles. The molecule has 0 atom stereocenters. The second-order valence-electron chi connectivity index (χ2n) is 11.7. The van der Waals surface area contributed by atoms with E-state index >= 15 is 0 Å². The molecule has 2 N–H and O–H groups in total. The molecule has 3 aromatic rings. The topological polar surface area (TPSA) is 49.3 Å². The second kappa shape index (κ2) is 13.6. The first-order valence-electron chi connectivity index (χ1n) is 15.5. The van der Waals surface area contributed by atoms with E-state index in [-0.39, 0.29) is 11.5 Å². The van der Waals surface area contributed by atoms with Gasteiger partial charge in [-0.15, -0.1) is 11.5 Å². The van der Waals surface area contributed by atoms with Gasteiger partial charge in [0.15, 0.2) is 5.78 Å². The van der Waals surface area contributed by atoms with Gasteiger partial charge in [-0.3, -0.25) is 4.79 Å². The number of aryl methyl sites for hydroxylation is 1. The predicted octanol–water partition coefficient (Wildman–Crippen LogP) is 7.74. The van der Waals surface area contributed by atoms with Crippen molar-refractivity contribution in [3.63, 3.8) is 0 Å². The highest BCUT2D eigenvalue weighted by molar-refractivity contribution is 6.33. The molecule has 3 aromatic carbocycles. The smallest absolute Gasteiger partial charge is 0.167 e. The molecule has 4 heteroatoms. The van der Waals surface area contributed by atoms with Gasteiger partial charge in [0.1, 0.15) is 5.75 Å². The lowest BCUT2D eigenvalue weighted by Crippen LogP contribution is -2.27. The SMILES string of the molecule is C=Cc1c(O)c(-c2ccc(C3=CC(C(C)=O)=C=CC=C3)cc2Cl)cc2c1=CC(CCc1ccc(C3CCNCC3)cc1)=C=CC=2. The molecule has 0 bridgehead atoms. The Morgan fingerprint density at radius 1 is 1.02 bits per heavy atom. The second-order valence-corrected chi connectivity index (χ2v) is 12.1. The molecule has 1 saturated heterocycles. The highest BCUT2D eigenvalue weighted by Crippen LogP contribution is 2.37. The van der Waals surface area contributed by atoms with Crippen LogP contribution in [0.5, 0.6) is 5.75 Å². The Labute approximate surface area is 270 Å². The number of nitrogens with one attached hydrogen (secondary N) is 1. The first-order valence-corrected chi connectivity index (χ1v) is 15.9. The van der Waals surface area contributed by atoms with Gasteiger partial charge in [-0.1, -0.05) is 72.8 Å². The number of halogens is 1. The normalized spacial score (nSPS) is 15.9. The monoisotopic (exact) mass is 609 g/mol. The Balaban J connectivity index is 1.26. The number of aromatic hydroxyl groups is 1. The molecule has 3 nitrogen and oxygen atoms in total. The van der Waals surface area contributed by atoms with Crippen molar-refractivity contribution >= 4 is 41.2 Å². The van der Waals surface area contributed by atoms with Gasteiger partial charge in [-0.25, -0.2) is 0 Å². The summed E-state index contributed by atoms with van der Waals surface area (Å²) in [4.78, 5) is 12.0. The van der Waals surface area contributed by atoms with Crippen molar-refractivity contribution in [3.8, 4) is 16.9 Å². The third-order valence-electron chi connectivity index (χ3n) is 8.82. The highest BCUT2D eigenvalue weighted by atomic mass is 35.5. The summed E-state index contributed by atoms with van der Waals surface area (Å²) in [7, 11) is 0. The fourth-order valence-corrected chi connectivity index (χ4v) is 6.54. The maximum absolute atomic E-state index is 12.0. The Hall–Kier alpha value is -4.62. The summed E-state index contributed by atoms with van der Waals surface area (Å²) in [6.07, 6.45) is 19.3. The van der Waals surface area contributed by atoms with Crippen LogP contribution in [0.1, 0.15) is 54.4 Å². The highest BCUT2D eigenvalue weighted by Gasteiger charge is 2.17. The number of Topliss-reactive ketones (excluding diaryl/α,β-unsaturated/α-hetero) is 1. The molecule has 0 unspecified atom stereocenters. The molecule has 224 valence electrons. The number of piperidine rings is 1. The van der Waals surface area contributed by atoms with E-state index in [2.05, 4.69) is 53.7 Å². The summed E-state index contributed by atoms with van der Waals surface area (Å²) in [5.74, 6) is 0.739. The van der Waals surface area contributed by atoms with Crippen LogP contribution in [0.2, 0.25) is 5.02 Å². The fraction of sp³-hybridized carbons (Fsp3) is 0.195. The Morgan fingerprint density at radius 2 is 1.82 bits per heavy atom. The number of benzene rings is 3. The van der Waals surface area contributed by atoms with Gasteiger partial charge < -0.3 is 10.4 Å². The minimum Gasteiger partial charge on any atom is -0.507 e. The van der Waals surface area contributed by atoms with Crippen molar-refractivity contribution in [1.82, 2.24) is 5.32 Å². The Bertz CT molecular complexity index is 2000. The molecule has 1 fully saturated rings. The molecular weight excluding hydrogens is 574 g/mol. The molecule has 0 saturated carbocycles. The van der Waals surface area contributed by atoms with Gasteiger partial charge in [0.2, 0.25) is 0 Å². The lowest BCUT2D eigenvalue weighted by Gasteiger charge is -2.23. The summed E-state index contributed by atoms with van der Waals surface area (Å²) in [5.41, 5.74) is 14.5. The summed E-state index contributed by atoms with van der Waals surface area (Å²) < 4.78 is 0. The van der Waals surface area contributed by atoms with Crippen LogP contribution in [0.25, 0.3) is 34.9 Å². The van der Waals surface area contributed by atoms with Gasteiger partial charge >= 0.3 is 0 Å². The van der Waals surface area contributed by atoms with Gasteiger partial charge in [0.25, 0.3) is 0 Å². The standard InChI is InChI=1S/C41H36ClNO2/c1-3-36-38-23-29(12-11-28-13-15-30(16-14-28)31-19-21-43-22-20-31)7-6-10-35(38)25-39(41(36)45)37-18-17-34(26-40(37)42)33-9-5-4-8-32(24-33)27(2)44/h3-6,9-10,13-18,23-26,31,43,45H,1,11-12,19-22H2,2H3. The molecule has 2 aliphatic carbocycles. The first-order chi connectivity index (χ1) is 21.9. The predicted molar refractivity (Wildman–Crippen MR) is 187 cm³/mol. The molecule has 0 amide bonds. The molecule has 6 rings (SSSR count). The maximum Gasteiger partial charge on any atom is 0.167 e. The minimum absolute atomic E-state index is 0.0524. The molecule has 45 heavy (non-hydrogen) atoms. The molecule has 1 heterocycles. The zero-order chi connectivity index (χ0) is 31.3. The van der Waals surface area contributed by atoms with Gasteiger partial charge in [-0.05, 0) is 132 Å². The van der Waals surface area contributed by atoms with Gasteiger partial charge in [0, 0.05) is 21.7 Å². The first kappa shape index (κ1) is 30.4. The van der Waals surface area contributed by atoms with Crippen LogP contribution in [-0.4, -0.2) is 24.0 Å². The van der Waals surface area contributed by atoms with E-state index in [1.54, 1.807) is 12.2 Å². The van der Waals surface area contributed by atoms with Crippen molar-refractivity contribution in [2.24, 2.45) is 0 Å². The van der Waals surface area contributed by atoms with Crippen LogP contribution in [-0.2, 0) is 11.2 Å². The average molecular weight is 610 g/mol. The van der Waals surface area contributed by atoms with Crippen molar-refractivity contribution in [2.75, 3.05) is 13.1 Å². The Morgan fingerprint density at radius 3 is 2.56 bits per heavy atom. The van der Waals surface area contributed by atoms with Crippen LogP contribution < -0.4 is 15.8 Å². The zero-order valence-corrected chi connectivity index (χ0v) is 26.3. The van der Waals surface area contributed by atoms with Crippen molar-refractivity contribution in [3.05, 3.63) is 146 Å². The van der Waals surface area contributed by atoms with Gasteiger partial charge in [-0.2, -0.15) is 0 Å². The number of phenolic OH excluding ortho intramolecular Hbond substituents is 1. The lowest BCUT2D eigenvalue weighted by molar-refractivity contribution is -0.113. The number of carbonyl (C=O) groups is 1. The van der Waals surface area contributed by atoms with Crippen molar-refractivity contribution in [2.45, 2.75) is 38.5 Å². The fourth-order valence-electron chi connectivity index (χ4n) is 6.26. The minimum atomic E-state index is -0.0524. The molecule has 0 radical (unpaired) electrons. The van der Waals surface area contributed by atoms with Gasteiger partial charge in [0.05, 0.1) is 5.57 Å². The Kier molecular flexibility index (Phi) is 9.17. The summed E-state index contributed by atoms with van der Waals surface area (Å²) in [6, 6.07) is 16.8. The number of fused-ring (bicyclic) bond motifs is 1. The van der Waals surface area contributed by atoms with E-state index in [9.17, 15) is 9.90 Å². The summed E-state index contributed by atoms with van der Waals surface area (Å²) in [6.45, 7) is 7.76. The van der Waals surface area contributed by atoms with Crippen molar-refractivity contribution in [1.29, 1.82) is 0 Å². The third-order valence-corrected chi connectivity index (χ3v) is 9.13. The zero-order valence-electron chi connectivity index (χ0n) is 25.5. The van der Waals surface area contributed by atoms with Crippen LogP contribution in [0.15, 0.2) is 108 Å². The molecule has 0 aromatic heterocycles. The maximum atomic E-state index is 12.0. The van der Waals surface area contributed by atoms with E-state index < -0.39 is 0 Å². The lowest BCUT2D eigenvalue weighted by atomic mass is 9.89. The quantitative estimate of drug-likeness (QED) is 0.257. The van der Waals surface area contributed by atoms with E-state index in [4.69, 9.17) is 11.6 Å². The van der Waals surface area contributed by atoms with Crippen LogP contribution in [0, 0.1) is 0 Å². The number of hydrogen-bond acceptors (Lipinski definition) is 3. The number of allylic oxidation sites excluding steroid dienone is 6. The number of ketones is 1. The largest absolute Gasteiger partial charge is 0.507 e. The van der Waals surface area contributed by atoms with Crippen LogP contribution >= 0.6 is 11.6 Å². The molecule has 0 spiro atoms. The summed E-state index contributed by atoms with van der Waals surface area (Å²) in [5, 5.41) is 17.3. The number of phenols is 1. The number of rotatable bonds is 8. The van der Waals surface area contributed by atoms with Crippen LogP contribution in [0.4, 0.5) is 0 Å². The van der Waals surface area contributed by atoms with Crippen molar-refractivity contribution < 1.29 is 9.90 Å². The van der Waals surface area contributed by atoms with E-state index in [0.29, 0.717) is 33.2 Å². The van der Waals surface area contributed by atoms with Crippen LogP contribution in [0.3, 0.4) is 0 Å². The van der Waals surface area contributed by atoms with E-state index in [1.807, 2.05) is 54.6 Å². The number of hydrogen-bond donors (Lipinski definition) is 2. The molecular formula is C41H36ClNO2. The summed E-state index contributed by atoms with van der Waals surface area (Å²) >= 11 is 6.85. The number of carbonyl (C=O) groups excluding carboxylic acids is 1. The third kappa shape index (κ3) is 6.74.